The van der Waals surface area contributed by atoms with Crippen molar-refractivity contribution in [1.82, 2.24) is 14.9 Å². The van der Waals surface area contributed by atoms with Crippen LogP contribution in [0.15, 0.2) is 42.5 Å². The van der Waals surface area contributed by atoms with Crippen molar-refractivity contribution in [3.63, 3.8) is 0 Å². The highest BCUT2D eigenvalue weighted by Crippen LogP contribution is 2.28. The lowest BCUT2D eigenvalue weighted by atomic mass is 10.1. The van der Waals surface area contributed by atoms with E-state index in [0.29, 0.717) is 28.8 Å². The number of methoxy groups -OCH3 is 2. The number of hydrogen-bond donors (Lipinski definition) is 1. The largest absolute Gasteiger partial charge is 0.497 e. The van der Waals surface area contributed by atoms with E-state index >= 15 is 0 Å². The van der Waals surface area contributed by atoms with Gasteiger partial charge in [-0.15, -0.1) is 0 Å². The first kappa shape index (κ1) is 21.2. The Morgan fingerprint density at radius 3 is 2.65 bits per heavy atom. The Hall–Kier alpha value is -2.99. The number of rotatable bonds is 6. The van der Waals surface area contributed by atoms with Crippen LogP contribution < -0.4 is 14.8 Å². The van der Waals surface area contributed by atoms with Gasteiger partial charge in [-0.1, -0.05) is 18.0 Å². The number of fused-ring (bicyclic) bond motifs is 1. The van der Waals surface area contributed by atoms with Crippen molar-refractivity contribution < 1.29 is 14.3 Å². The molecule has 0 aliphatic carbocycles. The summed E-state index contributed by atoms with van der Waals surface area (Å²) in [4.78, 5) is 17.9. The van der Waals surface area contributed by atoms with Crippen LogP contribution in [0, 0.1) is 0 Å². The number of nitrogens with one attached hydrogen (secondary N) is 1. The number of halogens is 1. The quantitative estimate of drug-likeness (QED) is 0.594. The van der Waals surface area contributed by atoms with E-state index in [0.717, 1.165) is 54.9 Å². The first-order valence-corrected chi connectivity index (χ1v) is 10.8. The maximum absolute atomic E-state index is 13.2. The maximum atomic E-state index is 13.2. The number of hydrogen-bond acceptors (Lipinski definition) is 4. The predicted octanol–water partition coefficient (Wildman–Crippen LogP) is 4.88. The highest BCUT2D eigenvalue weighted by atomic mass is 35.5. The molecule has 162 valence electrons. The fourth-order valence-corrected chi connectivity index (χ4v) is 4.13. The third-order valence-corrected chi connectivity index (χ3v) is 5.86. The zero-order valence-electron chi connectivity index (χ0n) is 17.8. The highest BCUT2D eigenvalue weighted by molar-refractivity contribution is 6.30. The average Bonchev–Trinajstić information content (AvgIpc) is 2.98. The van der Waals surface area contributed by atoms with E-state index < -0.39 is 0 Å². The molecule has 1 aromatic heterocycles. The van der Waals surface area contributed by atoms with E-state index in [2.05, 4.69) is 9.88 Å². The van der Waals surface area contributed by atoms with E-state index in [9.17, 15) is 4.79 Å². The number of ether oxygens (including phenoxy) is 2. The van der Waals surface area contributed by atoms with Crippen LogP contribution in [0.1, 0.15) is 41.0 Å². The molecule has 0 unspecified atom stereocenters. The molecule has 4 rings (SSSR count). The van der Waals surface area contributed by atoms with Crippen LogP contribution in [-0.2, 0) is 19.5 Å². The van der Waals surface area contributed by atoms with Crippen molar-refractivity contribution in [2.75, 3.05) is 14.2 Å². The lowest BCUT2D eigenvalue weighted by Crippen LogP contribution is -2.25. The summed E-state index contributed by atoms with van der Waals surface area (Å²) < 4.78 is 12.9. The zero-order valence-corrected chi connectivity index (χ0v) is 18.5. The summed E-state index contributed by atoms with van der Waals surface area (Å²) in [6.45, 7) is 1.18. The van der Waals surface area contributed by atoms with Crippen LogP contribution in [-0.4, -0.2) is 29.7 Å². The van der Waals surface area contributed by atoms with Crippen molar-refractivity contribution >= 4 is 17.5 Å². The summed E-state index contributed by atoms with van der Waals surface area (Å²) in [6.07, 6.45) is 4.11. The number of benzene rings is 2. The Morgan fingerprint density at radius 2 is 1.90 bits per heavy atom. The number of imidazole rings is 1. The summed E-state index contributed by atoms with van der Waals surface area (Å²) >= 11 is 6.06. The molecule has 0 fully saturated rings. The van der Waals surface area contributed by atoms with Gasteiger partial charge in [0.1, 0.15) is 23.0 Å². The smallest absolute Gasteiger partial charge is 0.272 e. The van der Waals surface area contributed by atoms with Crippen molar-refractivity contribution in [3.05, 3.63) is 64.4 Å². The van der Waals surface area contributed by atoms with Gasteiger partial charge in [0.05, 0.1) is 19.9 Å². The molecular formula is C24H26ClN3O3. The lowest BCUT2D eigenvalue weighted by Gasteiger charge is -2.12. The summed E-state index contributed by atoms with van der Waals surface area (Å²) in [6, 6.07) is 13.1. The minimum Gasteiger partial charge on any atom is -0.497 e. The first-order chi connectivity index (χ1) is 15.1. The van der Waals surface area contributed by atoms with Gasteiger partial charge in [0, 0.05) is 29.2 Å². The monoisotopic (exact) mass is 439 g/mol. The van der Waals surface area contributed by atoms with Crippen LogP contribution in [0.3, 0.4) is 0 Å². The van der Waals surface area contributed by atoms with Gasteiger partial charge in [0.15, 0.2) is 0 Å². The van der Waals surface area contributed by atoms with Crippen molar-refractivity contribution in [2.24, 2.45) is 0 Å². The zero-order chi connectivity index (χ0) is 21.8. The molecule has 0 spiro atoms. The van der Waals surface area contributed by atoms with Gasteiger partial charge in [0.2, 0.25) is 0 Å². The van der Waals surface area contributed by atoms with Gasteiger partial charge in [-0.25, -0.2) is 4.98 Å². The molecule has 1 N–H and O–H groups in total. The fraction of sp³-hybridized carbons (Fsp3) is 0.333. The first-order valence-electron chi connectivity index (χ1n) is 10.4. The Labute approximate surface area is 187 Å². The van der Waals surface area contributed by atoms with Crippen LogP contribution >= 0.6 is 11.6 Å². The molecule has 1 amide bonds. The Morgan fingerprint density at radius 1 is 1.10 bits per heavy atom. The molecule has 7 heteroatoms. The Bertz CT molecular complexity index is 1080. The number of aromatic nitrogens is 2. The van der Waals surface area contributed by atoms with Crippen LogP contribution in [0.4, 0.5) is 0 Å². The number of carbonyl (C=O) groups is 1. The minimum absolute atomic E-state index is 0.185. The molecule has 31 heavy (non-hydrogen) atoms. The standard InChI is InChI=1S/C24H26ClN3O3/c1-30-19-11-12-21(31-2)17(14-19)15-26-24(29)22-20-6-4-3-5-13-28(20)23(27-22)16-7-9-18(25)10-8-16/h7-12,14H,3-6,13,15H2,1-2H3,(H,26,29). The maximum Gasteiger partial charge on any atom is 0.272 e. The summed E-state index contributed by atoms with van der Waals surface area (Å²) in [5.41, 5.74) is 3.30. The average molecular weight is 440 g/mol. The van der Waals surface area contributed by atoms with Gasteiger partial charge in [-0.05, 0) is 61.7 Å². The number of nitrogens with zero attached hydrogens (tertiary/aromatic N) is 2. The third-order valence-electron chi connectivity index (χ3n) is 5.61. The van der Waals surface area contributed by atoms with Crippen molar-refractivity contribution in [2.45, 2.75) is 38.8 Å². The highest BCUT2D eigenvalue weighted by Gasteiger charge is 2.24. The molecule has 3 aromatic rings. The van der Waals surface area contributed by atoms with Gasteiger partial charge >= 0.3 is 0 Å². The van der Waals surface area contributed by atoms with Crippen LogP contribution in [0.5, 0.6) is 11.5 Å². The molecule has 0 saturated carbocycles. The molecule has 0 bridgehead atoms. The van der Waals surface area contributed by atoms with E-state index in [1.165, 1.54) is 0 Å². The molecule has 0 radical (unpaired) electrons. The summed E-state index contributed by atoms with van der Waals surface area (Å²) in [5.74, 6) is 2.05. The lowest BCUT2D eigenvalue weighted by molar-refractivity contribution is 0.0945. The van der Waals surface area contributed by atoms with E-state index in [1.807, 2.05) is 42.5 Å². The molecule has 6 nitrogen and oxygen atoms in total. The second-order valence-corrected chi connectivity index (χ2v) is 8.00. The number of amides is 1. The van der Waals surface area contributed by atoms with Crippen molar-refractivity contribution in [1.29, 1.82) is 0 Å². The second kappa shape index (κ2) is 9.43. The third kappa shape index (κ3) is 4.54. The molecule has 2 heterocycles. The second-order valence-electron chi connectivity index (χ2n) is 7.56. The van der Waals surface area contributed by atoms with E-state index in [4.69, 9.17) is 26.1 Å². The van der Waals surface area contributed by atoms with Crippen LogP contribution in [0.2, 0.25) is 5.02 Å². The Kier molecular flexibility index (Phi) is 6.47. The molecular weight excluding hydrogens is 414 g/mol. The fourth-order valence-electron chi connectivity index (χ4n) is 4.00. The summed E-state index contributed by atoms with van der Waals surface area (Å²) in [5, 5.41) is 3.69. The Balaban J connectivity index is 1.63. The van der Waals surface area contributed by atoms with Crippen LogP contribution in [0.25, 0.3) is 11.4 Å². The van der Waals surface area contributed by atoms with Gasteiger partial charge < -0.3 is 19.4 Å². The SMILES string of the molecule is COc1ccc(OC)c(CNC(=O)c2nc(-c3ccc(Cl)cc3)n3c2CCCCC3)c1. The molecule has 0 atom stereocenters. The molecule has 1 aliphatic rings. The molecule has 0 saturated heterocycles. The van der Waals surface area contributed by atoms with Crippen molar-refractivity contribution in [3.8, 4) is 22.9 Å². The normalized spacial score (nSPS) is 13.3. The minimum atomic E-state index is -0.185. The number of carbonyl (C=O) groups excluding carboxylic acids is 1. The molecule has 2 aromatic carbocycles. The van der Waals surface area contributed by atoms with Gasteiger partial charge in [-0.3, -0.25) is 4.79 Å². The van der Waals surface area contributed by atoms with E-state index in [1.54, 1.807) is 14.2 Å². The van der Waals surface area contributed by atoms with E-state index in [-0.39, 0.29) is 5.91 Å². The van der Waals surface area contributed by atoms with Gasteiger partial charge in [-0.2, -0.15) is 0 Å². The predicted molar refractivity (Wildman–Crippen MR) is 121 cm³/mol. The molecule has 1 aliphatic heterocycles. The topological polar surface area (TPSA) is 65.4 Å². The summed E-state index contributed by atoms with van der Waals surface area (Å²) in [7, 11) is 3.23. The van der Waals surface area contributed by atoms with Gasteiger partial charge in [0.25, 0.3) is 5.91 Å².